The maximum absolute atomic E-state index is 12.0. The number of hydrogen-bond donors (Lipinski definition) is 0. The standard InChI is InChI=1S/C11H18N2O4S/c1-2-17-11(14)6-9-18(15,16)13(8-3-7-12)10-4-5-10/h10H,2-6,8-9H2,1H3. The van der Waals surface area contributed by atoms with E-state index in [1.54, 1.807) is 6.92 Å². The van der Waals surface area contributed by atoms with Gasteiger partial charge in [0.2, 0.25) is 10.0 Å². The van der Waals surface area contributed by atoms with Gasteiger partial charge < -0.3 is 4.74 Å². The van der Waals surface area contributed by atoms with Gasteiger partial charge in [-0.25, -0.2) is 8.42 Å². The number of rotatable bonds is 8. The summed E-state index contributed by atoms with van der Waals surface area (Å²) >= 11 is 0. The Labute approximate surface area is 108 Å². The first-order valence-electron chi connectivity index (χ1n) is 6.03. The first-order chi connectivity index (χ1) is 8.51. The Morgan fingerprint density at radius 3 is 2.67 bits per heavy atom. The maximum atomic E-state index is 12.0. The van der Waals surface area contributed by atoms with E-state index < -0.39 is 16.0 Å². The van der Waals surface area contributed by atoms with Crippen LogP contribution >= 0.6 is 0 Å². The summed E-state index contributed by atoms with van der Waals surface area (Å²) in [7, 11) is -3.46. The fraction of sp³-hybridized carbons (Fsp3) is 0.818. The first-order valence-corrected chi connectivity index (χ1v) is 7.64. The third-order valence-electron chi connectivity index (χ3n) is 2.62. The summed E-state index contributed by atoms with van der Waals surface area (Å²) in [6, 6.07) is 1.96. The van der Waals surface area contributed by atoms with Gasteiger partial charge in [-0.15, -0.1) is 0 Å². The van der Waals surface area contributed by atoms with Gasteiger partial charge in [0.25, 0.3) is 0 Å². The zero-order valence-corrected chi connectivity index (χ0v) is 11.3. The minimum atomic E-state index is -3.46. The summed E-state index contributed by atoms with van der Waals surface area (Å²) in [5, 5.41) is 8.53. The van der Waals surface area contributed by atoms with Crippen LogP contribution in [0.3, 0.4) is 0 Å². The number of nitriles is 1. The SMILES string of the molecule is CCOC(=O)CCS(=O)(=O)N(CCC#N)C1CC1. The smallest absolute Gasteiger partial charge is 0.306 e. The van der Waals surface area contributed by atoms with E-state index in [2.05, 4.69) is 0 Å². The Bertz CT molecular complexity index is 423. The topological polar surface area (TPSA) is 87.5 Å². The van der Waals surface area contributed by atoms with Crippen molar-refractivity contribution in [2.75, 3.05) is 18.9 Å². The molecule has 0 spiro atoms. The lowest BCUT2D eigenvalue weighted by atomic mass is 10.4. The minimum absolute atomic E-state index is 0.0190. The molecular weight excluding hydrogens is 256 g/mol. The summed E-state index contributed by atoms with van der Waals surface area (Å²) in [6.07, 6.45) is 1.72. The lowest BCUT2D eigenvalue weighted by molar-refractivity contribution is -0.142. The van der Waals surface area contributed by atoms with Crippen molar-refractivity contribution in [3.05, 3.63) is 0 Å². The number of sulfonamides is 1. The normalized spacial score (nSPS) is 15.4. The zero-order chi connectivity index (χ0) is 13.6. The van der Waals surface area contributed by atoms with Crippen molar-refractivity contribution in [3.8, 4) is 6.07 Å². The Morgan fingerprint density at radius 1 is 1.50 bits per heavy atom. The second kappa shape index (κ2) is 6.71. The van der Waals surface area contributed by atoms with Crippen molar-refractivity contribution in [1.82, 2.24) is 4.31 Å². The number of carbonyl (C=O) groups is 1. The lowest BCUT2D eigenvalue weighted by Gasteiger charge is -2.20. The van der Waals surface area contributed by atoms with Gasteiger partial charge >= 0.3 is 5.97 Å². The van der Waals surface area contributed by atoms with E-state index in [0.29, 0.717) is 0 Å². The van der Waals surface area contributed by atoms with Gasteiger partial charge in [-0.1, -0.05) is 0 Å². The predicted molar refractivity (Wildman–Crippen MR) is 65.0 cm³/mol. The molecule has 0 aliphatic heterocycles. The summed E-state index contributed by atoms with van der Waals surface area (Å²) < 4.78 is 30.1. The van der Waals surface area contributed by atoms with E-state index in [4.69, 9.17) is 10.00 Å². The van der Waals surface area contributed by atoms with E-state index in [9.17, 15) is 13.2 Å². The monoisotopic (exact) mass is 274 g/mol. The molecule has 18 heavy (non-hydrogen) atoms. The molecule has 0 aromatic rings. The average molecular weight is 274 g/mol. The van der Waals surface area contributed by atoms with Gasteiger partial charge in [0.05, 0.1) is 24.8 Å². The predicted octanol–water partition coefficient (Wildman–Crippen LogP) is 0.647. The van der Waals surface area contributed by atoms with Crippen molar-refractivity contribution in [2.45, 2.75) is 38.6 Å². The molecule has 0 N–H and O–H groups in total. The Balaban J connectivity index is 2.53. The van der Waals surface area contributed by atoms with E-state index in [1.807, 2.05) is 6.07 Å². The van der Waals surface area contributed by atoms with Crippen LogP contribution in [0.15, 0.2) is 0 Å². The van der Waals surface area contributed by atoms with Crippen LogP contribution in [0, 0.1) is 11.3 Å². The Morgan fingerprint density at radius 2 is 2.17 bits per heavy atom. The fourth-order valence-corrected chi connectivity index (χ4v) is 3.33. The van der Waals surface area contributed by atoms with Gasteiger partial charge in [0, 0.05) is 19.0 Å². The second-order valence-corrected chi connectivity index (χ2v) is 6.16. The molecule has 1 rings (SSSR count). The quantitative estimate of drug-likeness (QED) is 0.606. The van der Waals surface area contributed by atoms with Crippen LogP contribution in [-0.2, 0) is 19.6 Å². The molecule has 0 aromatic heterocycles. The second-order valence-electron chi connectivity index (χ2n) is 4.12. The number of nitrogens with zero attached hydrogens (tertiary/aromatic N) is 2. The van der Waals surface area contributed by atoms with E-state index in [-0.39, 0.29) is 37.8 Å². The molecule has 0 heterocycles. The Hall–Kier alpha value is -1.13. The number of carbonyl (C=O) groups excluding carboxylic acids is 1. The summed E-state index contributed by atoms with van der Waals surface area (Å²) in [5.41, 5.74) is 0. The molecule has 0 atom stereocenters. The molecule has 1 saturated carbocycles. The maximum Gasteiger partial charge on any atom is 0.306 e. The average Bonchev–Trinajstić information content (AvgIpc) is 3.12. The Kier molecular flexibility index (Phi) is 5.56. The van der Waals surface area contributed by atoms with Gasteiger partial charge in [-0.3, -0.25) is 4.79 Å². The molecule has 102 valence electrons. The molecule has 1 fully saturated rings. The highest BCUT2D eigenvalue weighted by Gasteiger charge is 2.36. The third-order valence-corrected chi connectivity index (χ3v) is 4.54. The first kappa shape index (κ1) is 14.9. The third kappa shape index (κ3) is 4.63. The highest BCUT2D eigenvalue weighted by atomic mass is 32.2. The van der Waals surface area contributed by atoms with Crippen LogP contribution in [0.4, 0.5) is 0 Å². The fourth-order valence-electron chi connectivity index (χ4n) is 1.63. The summed E-state index contributed by atoms with van der Waals surface area (Å²) in [5.74, 6) is -0.745. The largest absolute Gasteiger partial charge is 0.466 e. The van der Waals surface area contributed by atoms with Crippen LogP contribution in [-0.4, -0.2) is 43.6 Å². The molecule has 0 unspecified atom stereocenters. The summed E-state index contributed by atoms with van der Waals surface area (Å²) in [4.78, 5) is 11.2. The highest BCUT2D eigenvalue weighted by molar-refractivity contribution is 7.89. The molecule has 0 amide bonds. The zero-order valence-electron chi connectivity index (χ0n) is 10.5. The molecule has 0 aromatic carbocycles. The van der Waals surface area contributed by atoms with Crippen molar-refractivity contribution in [2.24, 2.45) is 0 Å². The summed E-state index contributed by atoms with van der Waals surface area (Å²) in [6.45, 7) is 2.14. The van der Waals surface area contributed by atoms with Crippen LogP contribution < -0.4 is 0 Å². The molecule has 6 nitrogen and oxygen atoms in total. The van der Waals surface area contributed by atoms with Crippen LogP contribution in [0.5, 0.6) is 0 Å². The minimum Gasteiger partial charge on any atom is -0.466 e. The van der Waals surface area contributed by atoms with Crippen molar-refractivity contribution < 1.29 is 17.9 Å². The van der Waals surface area contributed by atoms with Gasteiger partial charge in [0.1, 0.15) is 0 Å². The highest BCUT2D eigenvalue weighted by Crippen LogP contribution is 2.29. The molecule has 0 radical (unpaired) electrons. The van der Waals surface area contributed by atoms with Gasteiger partial charge in [-0.2, -0.15) is 9.57 Å². The van der Waals surface area contributed by atoms with Crippen molar-refractivity contribution in [1.29, 1.82) is 5.26 Å². The van der Waals surface area contributed by atoms with E-state index >= 15 is 0 Å². The van der Waals surface area contributed by atoms with Crippen LogP contribution in [0.2, 0.25) is 0 Å². The van der Waals surface area contributed by atoms with Gasteiger partial charge in [-0.05, 0) is 19.8 Å². The van der Waals surface area contributed by atoms with E-state index in [1.165, 1.54) is 4.31 Å². The molecular formula is C11H18N2O4S. The van der Waals surface area contributed by atoms with Crippen molar-refractivity contribution >= 4 is 16.0 Å². The van der Waals surface area contributed by atoms with Crippen LogP contribution in [0.25, 0.3) is 0 Å². The lowest BCUT2D eigenvalue weighted by Crippen LogP contribution is -2.36. The van der Waals surface area contributed by atoms with Crippen molar-refractivity contribution in [3.63, 3.8) is 0 Å². The molecule has 7 heteroatoms. The molecule has 0 saturated heterocycles. The molecule has 0 bridgehead atoms. The number of ether oxygens (including phenoxy) is 1. The number of esters is 1. The molecule has 1 aliphatic rings. The van der Waals surface area contributed by atoms with E-state index in [0.717, 1.165) is 12.8 Å². The number of hydrogen-bond acceptors (Lipinski definition) is 5. The van der Waals surface area contributed by atoms with Gasteiger partial charge in [0.15, 0.2) is 0 Å². The molecule has 1 aliphatic carbocycles. The van der Waals surface area contributed by atoms with Crippen LogP contribution in [0.1, 0.15) is 32.6 Å².